The molecule has 1 heterocycles. The van der Waals surface area contributed by atoms with E-state index in [2.05, 4.69) is 5.32 Å². The van der Waals surface area contributed by atoms with Crippen LogP contribution in [0.5, 0.6) is 5.75 Å². The number of sulfonamides is 1. The Hall–Kier alpha value is -2.65. The van der Waals surface area contributed by atoms with Crippen LogP contribution in [0.3, 0.4) is 0 Å². The fraction of sp³-hybridized carbons (Fsp3) is 0.333. The molecule has 0 atom stereocenters. The molecule has 0 aliphatic carbocycles. The Kier molecular flexibility index (Phi) is 6.75. The van der Waals surface area contributed by atoms with Crippen LogP contribution in [-0.2, 0) is 23.7 Å². The summed E-state index contributed by atoms with van der Waals surface area (Å²) in [5, 5.41) is 2.53. The number of pyridine rings is 1. The minimum Gasteiger partial charge on any atom is -0.483 e. The lowest BCUT2D eigenvalue weighted by molar-refractivity contribution is 0.0941. The first kappa shape index (κ1) is 20.7. The topological polar surface area (TPSA) is 97.7 Å². The van der Waals surface area contributed by atoms with Gasteiger partial charge in [0.05, 0.1) is 5.75 Å². The molecule has 27 heavy (non-hydrogen) atoms. The highest BCUT2D eigenvalue weighted by Gasteiger charge is 2.20. The first-order valence-electron chi connectivity index (χ1n) is 8.27. The van der Waals surface area contributed by atoms with Gasteiger partial charge in [0.2, 0.25) is 15.5 Å². The number of hydrogen-bond acceptors (Lipinski definition) is 5. The summed E-state index contributed by atoms with van der Waals surface area (Å²) < 4.78 is 31.8. The lowest BCUT2D eigenvalue weighted by atomic mass is 10.2. The van der Waals surface area contributed by atoms with E-state index in [0.717, 1.165) is 9.87 Å². The minimum absolute atomic E-state index is 0.0423. The zero-order chi connectivity index (χ0) is 20.0. The summed E-state index contributed by atoms with van der Waals surface area (Å²) in [6.45, 7) is 0.0515. The third kappa shape index (κ3) is 5.41. The van der Waals surface area contributed by atoms with Gasteiger partial charge >= 0.3 is 0 Å². The summed E-state index contributed by atoms with van der Waals surface area (Å²) in [7, 11) is 1.03. The highest BCUT2D eigenvalue weighted by atomic mass is 32.2. The molecule has 146 valence electrons. The van der Waals surface area contributed by atoms with E-state index in [1.165, 1.54) is 30.9 Å². The van der Waals surface area contributed by atoms with Crippen LogP contribution in [0.2, 0.25) is 0 Å². The number of amides is 1. The van der Waals surface area contributed by atoms with E-state index in [-0.39, 0.29) is 30.3 Å². The first-order chi connectivity index (χ1) is 12.7. The van der Waals surface area contributed by atoms with Gasteiger partial charge in [0.25, 0.3) is 5.91 Å². The Morgan fingerprint density at radius 3 is 2.48 bits per heavy atom. The van der Waals surface area contributed by atoms with Crippen LogP contribution in [0, 0.1) is 0 Å². The molecule has 2 rings (SSSR count). The normalized spacial score (nSPS) is 11.4. The summed E-state index contributed by atoms with van der Waals surface area (Å²) in [6, 6.07) is 10.6. The molecule has 0 aliphatic heterocycles. The average molecular weight is 393 g/mol. The van der Waals surface area contributed by atoms with Crippen molar-refractivity contribution in [1.82, 2.24) is 14.2 Å². The van der Waals surface area contributed by atoms with Gasteiger partial charge in [0, 0.05) is 40.0 Å². The molecule has 9 heteroatoms. The van der Waals surface area contributed by atoms with Gasteiger partial charge in [0.15, 0.2) is 11.4 Å². The van der Waals surface area contributed by atoms with Crippen LogP contribution in [-0.4, -0.2) is 49.6 Å². The largest absolute Gasteiger partial charge is 0.483 e. The first-order valence-corrected chi connectivity index (χ1v) is 9.88. The summed E-state index contributed by atoms with van der Waals surface area (Å²) >= 11 is 0. The Labute approximate surface area is 158 Å². The number of rotatable bonds is 8. The van der Waals surface area contributed by atoms with E-state index in [9.17, 15) is 18.0 Å². The Balaban J connectivity index is 2.16. The second-order valence-electron chi connectivity index (χ2n) is 6.10. The maximum Gasteiger partial charge on any atom is 0.271 e. The zero-order valence-electron chi connectivity index (χ0n) is 15.5. The summed E-state index contributed by atoms with van der Waals surface area (Å²) in [5.41, 5.74) is 0.475. The van der Waals surface area contributed by atoms with Crippen molar-refractivity contribution in [2.24, 2.45) is 7.05 Å². The lowest BCUT2D eigenvalue weighted by Gasteiger charge is -2.15. The van der Waals surface area contributed by atoms with Crippen molar-refractivity contribution in [1.29, 1.82) is 0 Å². The molecule has 0 aliphatic rings. The van der Waals surface area contributed by atoms with Crippen molar-refractivity contribution in [3.63, 3.8) is 0 Å². The molecule has 2 aromatic rings. The molecule has 8 nitrogen and oxygen atoms in total. The number of nitrogens with zero attached hydrogens (tertiary/aromatic N) is 2. The zero-order valence-corrected chi connectivity index (χ0v) is 16.3. The number of carbonyl (C=O) groups excluding carboxylic acids is 1. The summed E-state index contributed by atoms with van der Waals surface area (Å²) in [6.07, 6.45) is 1.46. The smallest absolute Gasteiger partial charge is 0.271 e. The maximum atomic E-state index is 12.5. The number of nitrogens with one attached hydrogen (secondary N) is 1. The molecule has 0 bridgehead atoms. The van der Waals surface area contributed by atoms with E-state index >= 15 is 0 Å². The van der Waals surface area contributed by atoms with Gasteiger partial charge in [-0.3, -0.25) is 9.59 Å². The SMILES string of the molecule is CN(C)S(=O)(=O)CCNC(=O)c1c(OCc2ccccc2)c(=O)ccn1C. The predicted octanol–water partition coefficient (Wildman–Crippen LogP) is 0.586. The van der Waals surface area contributed by atoms with Crippen LogP contribution in [0.4, 0.5) is 0 Å². The molecular formula is C18H23N3O5S. The maximum absolute atomic E-state index is 12.5. The van der Waals surface area contributed by atoms with E-state index in [1.807, 2.05) is 30.3 Å². The van der Waals surface area contributed by atoms with Gasteiger partial charge < -0.3 is 14.6 Å². The third-order valence-electron chi connectivity index (χ3n) is 3.88. The molecule has 0 fully saturated rings. The Morgan fingerprint density at radius 1 is 1.19 bits per heavy atom. The van der Waals surface area contributed by atoms with Crippen molar-refractivity contribution in [2.45, 2.75) is 6.61 Å². The number of ether oxygens (including phenoxy) is 1. The van der Waals surface area contributed by atoms with Gasteiger partial charge in [-0.25, -0.2) is 12.7 Å². The van der Waals surface area contributed by atoms with Crippen LogP contribution >= 0.6 is 0 Å². The highest BCUT2D eigenvalue weighted by molar-refractivity contribution is 7.89. The molecule has 0 spiro atoms. The molecule has 0 unspecified atom stereocenters. The fourth-order valence-corrected chi connectivity index (χ4v) is 3.02. The summed E-state index contributed by atoms with van der Waals surface area (Å²) in [4.78, 5) is 24.8. The van der Waals surface area contributed by atoms with E-state index in [4.69, 9.17) is 4.74 Å². The quantitative estimate of drug-likeness (QED) is 0.708. The second-order valence-corrected chi connectivity index (χ2v) is 8.40. The fourth-order valence-electron chi connectivity index (χ4n) is 2.30. The molecule has 0 saturated heterocycles. The van der Waals surface area contributed by atoms with E-state index < -0.39 is 21.4 Å². The monoisotopic (exact) mass is 393 g/mol. The number of hydrogen-bond donors (Lipinski definition) is 1. The third-order valence-corrected chi connectivity index (χ3v) is 5.72. The number of benzene rings is 1. The molecule has 1 aromatic heterocycles. The Morgan fingerprint density at radius 2 is 1.85 bits per heavy atom. The van der Waals surface area contributed by atoms with Gasteiger partial charge in [-0.15, -0.1) is 0 Å². The molecule has 1 N–H and O–H groups in total. The molecule has 1 amide bonds. The van der Waals surface area contributed by atoms with E-state index in [1.54, 1.807) is 7.05 Å². The van der Waals surface area contributed by atoms with Gasteiger partial charge in [-0.1, -0.05) is 30.3 Å². The highest BCUT2D eigenvalue weighted by Crippen LogP contribution is 2.14. The lowest BCUT2D eigenvalue weighted by Crippen LogP contribution is -2.35. The van der Waals surface area contributed by atoms with Crippen molar-refractivity contribution in [2.75, 3.05) is 26.4 Å². The van der Waals surface area contributed by atoms with Crippen molar-refractivity contribution in [3.8, 4) is 5.75 Å². The standard InChI is InChI=1S/C18H23N3O5S/c1-20(2)27(24,25)12-10-19-18(23)16-17(15(22)9-11-21(16)3)26-13-14-7-5-4-6-8-14/h4-9,11H,10,12-13H2,1-3H3,(H,19,23). The number of aryl methyl sites for hydroxylation is 1. The van der Waals surface area contributed by atoms with Crippen LogP contribution in [0.25, 0.3) is 0 Å². The number of aromatic nitrogens is 1. The van der Waals surface area contributed by atoms with Crippen molar-refractivity contribution >= 4 is 15.9 Å². The number of carbonyl (C=O) groups is 1. The molecule has 1 aromatic carbocycles. The van der Waals surface area contributed by atoms with Crippen molar-refractivity contribution < 1.29 is 17.9 Å². The van der Waals surface area contributed by atoms with Crippen molar-refractivity contribution in [3.05, 3.63) is 64.1 Å². The summed E-state index contributed by atoms with van der Waals surface area (Å²) in [5.74, 6) is -0.892. The Bertz CT molecular complexity index is 953. The molecule has 0 saturated carbocycles. The average Bonchev–Trinajstić information content (AvgIpc) is 2.62. The molecule has 0 radical (unpaired) electrons. The second kappa shape index (κ2) is 8.83. The van der Waals surface area contributed by atoms with E-state index in [0.29, 0.717) is 0 Å². The van der Waals surface area contributed by atoms with Gasteiger partial charge in [0.1, 0.15) is 6.61 Å². The van der Waals surface area contributed by atoms with Gasteiger partial charge in [-0.05, 0) is 5.56 Å². The van der Waals surface area contributed by atoms with Crippen LogP contribution in [0.1, 0.15) is 16.1 Å². The molecular weight excluding hydrogens is 370 g/mol. The minimum atomic E-state index is -3.43. The van der Waals surface area contributed by atoms with Gasteiger partial charge in [-0.2, -0.15) is 0 Å². The predicted molar refractivity (Wildman–Crippen MR) is 102 cm³/mol. The van der Waals surface area contributed by atoms with Crippen LogP contribution < -0.4 is 15.5 Å². The van der Waals surface area contributed by atoms with Crippen LogP contribution in [0.15, 0.2) is 47.4 Å².